The van der Waals surface area contributed by atoms with E-state index in [0.29, 0.717) is 27.9 Å². The third-order valence-electron chi connectivity index (χ3n) is 3.57. The summed E-state index contributed by atoms with van der Waals surface area (Å²) in [5, 5.41) is 5.57. The van der Waals surface area contributed by atoms with Gasteiger partial charge >= 0.3 is 0 Å². The number of halogens is 1. The fourth-order valence-corrected chi connectivity index (χ4v) is 3.75. The van der Waals surface area contributed by atoms with Crippen LogP contribution in [0.5, 0.6) is 0 Å². The molecule has 0 radical (unpaired) electrons. The molecule has 0 bridgehead atoms. The second-order valence-corrected chi connectivity index (χ2v) is 7.00. The average Bonchev–Trinajstić information content (AvgIpc) is 3.04. The van der Waals surface area contributed by atoms with E-state index in [-0.39, 0.29) is 11.8 Å². The zero-order chi connectivity index (χ0) is 17.3. The highest BCUT2D eigenvalue weighted by atomic mass is 35.5. The Morgan fingerprint density at radius 3 is 2.33 bits per heavy atom. The predicted octanol–water partition coefficient (Wildman–Crippen LogP) is 4.59. The number of nitrogens with one attached hydrogen (secondary N) is 2. The number of carbonyl (C=O) groups is 2. The van der Waals surface area contributed by atoms with Gasteiger partial charge in [-0.25, -0.2) is 0 Å². The maximum absolute atomic E-state index is 12.6. The fraction of sp³-hybridized carbons (Fsp3) is 0.176. The molecule has 0 aliphatic heterocycles. The van der Waals surface area contributed by atoms with E-state index in [9.17, 15) is 9.59 Å². The number of amides is 2. The first-order valence-electron chi connectivity index (χ1n) is 7.45. The molecule has 0 aliphatic rings. The number of benzene rings is 1. The summed E-state index contributed by atoms with van der Waals surface area (Å²) in [7, 11) is 0. The standard InChI is InChI=1S/C17H16ClN3O2S/c1-3-21-13-9-16(18)24-15(13)8-14(21)17(23)20-12-6-4-11(5-7-12)19-10(2)22/h4-9H,3H2,1-2H3,(H,19,22)(H,20,23). The quantitative estimate of drug-likeness (QED) is 0.714. The lowest BCUT2D eigenvalue weighted by atomic mass is 10.2. The van der Waals surface area contributed by atoms with Crippen LogP contribution in [0.1, 0.15) is 24.3 Å². The molecule has 124 valence electrons. The van der Waals surface area contributed by atoms with E-state index in [2.05, 4.69) is 10.6 Å². The van der Waals surface area contributed by atoms with E-state index in [1.807, 2.05) is 23.6 Å². The summed E-state index contributed by atoms with van der Waals surface area (Å²) in [4.78, 5) is 23.6. The van der Waals surface area contributed by atoms with Crippen molar-refractivity contribution in [3.05, 3.63) is 46.4 Å². The molecule has 2 heterocycles. The van der Waals surface area contributed by atoms with Crippen molar-refractivity contribution in [2.75, 3.05) is 10.6 Å². The van der Waals surface area contributed by atoms with Crippen LogP contribution in [0.2, 0.25) is 4.34 Å². The number of aryl methyl sites for hydroxylation is 1. The number of aromatic nitrogens is 1. The Labute approximate surface area is 148 Å². The van der Waals surface area contributed by atoms with Gasteiger partial charge in [-0.1, -0.05) is 11.6 Å². The Bertz CT molecular complexity index is 912. The number of fused-ring (bicyclic) bond motifs is 1. The summed E-state index contributed by atoms with van der Waals surface area (Å²) < 4.78 is 3.65. The van der Waals surface area contributed by atoms with Crippen LogP contribution in [0.25, 0.3) is 10.2 Å². The average molecular weight is 362 g/mol. The van der Waals surface area contributed by atoms with Gasteiger partial charge in [0.05, 0.1) is 14.6 Å². The molecule has 0 atom stereocenters. The summed E-state index contributed by atoms with van der Waals surface area (Å²) in [6.07, 6.45) is 0. The van der Waals surface area contributed by atoms with Crippen LogP contribution in [0.3, 0.4) is 0 Å². The second kappa shape index (κ2) is 6.67. The molecule has 0 unspecified atom stereocenters. The van der Waals surface area contributed by atoms with Gasteiger partial charge in [0.1, 0.15) is 5.69 Å². The van der Waals surface area contributed by atoms with E-state index in [4.69, 9.17) is 11.6 Å². The third kappa shape index (κ3) is 3.29. The molecular formula is C17H16ClN3O2S. The monoisotopic (exact) mass is 361 g/mol. The number of carbonyl (C=O) groups excluding carboxylic acids is 2. The first-order chi connectivity index (χ1) is 11.5. The van der Waals surface area contributed by atoms with Crippen molar-refractivity contribution in [2.45, 2.75) is 20.4 Å². The number of rotatable bonds is 4. The van der Waals surface area contributed by atoms with Crippen LogP contribution >= 0.6 is 22.9 Å². The smallest absolute Gasteiger partial charge is 0.272 e. The van der Waals surface area contributed by atoms with Gasteiger partial charge in [0, 0.05) is 24.8 Å². The van der Waals surface area contributed by atoms with Crippen molar-refractivity contribution in [1.82, 2.24) is 4.57 Å². The van der Waals surface area contributed by atoms with Gasteiger partial charge < -0.3 is 15.2 Å². The number of hydrogen-bond acceptors (Lipinski definition) is 3. The van der Waals surface area contributed by atoms with Crippen molar-refractivity contribution in [2.24, 2.45) is 0 Å². The minimum absolute atomic E-state index is 0.133. The number of nitrogens with zero attached hydrogens (tertiary/aromatic N) is 1. The maximum atomic E-state index is 12.6. The Kier molecular flexibility index (Phi) is 4.59. The van der Waals surface area contributed by atoms with Gasteiger partial charge in [0.2, 0.25) is 5.91 Å². The molecule has 1 aromatic carbocycles. The first-order valence-corrected chi connectivity index (χ1v) is 8.65. The van der Waals surface area contributed by atoms with Crippen molar-refractivity contribution in [1.29, 1.82) is 0 Å². The van der Waals surface area contributed by atoms with E-state index in [0.717, 1.165) is 10.2 Å². The summed E-state index contributed by atoms with van der Waals surface area (Å²) in [6, 6.07) is 10.7. The van der Waals surface area contributed by atoms with Crippen molar-refractivity contribution >= 4 is 56.3 Å². The molecule has 3 rings (SSSR count). The van der Waals surface area contributed by atoms with E-state index in [1.165, 1.54) is 18.3 Å². The topological polar surface area (TPSA) is 63.1 Å². The summed E-state index contributed by atoms with van der Waals surface area (Å²) >= 11 is 7.50. The molecule has 0 saturated heterocycles. The largest absolute Gasteiger partial charge is 0.336 e. The van der Waals surface area contributed by atoms with Crippen LogP contribution in [0.4, 0.5) is 11.4 Å². The Morgan fingerprint density at radius 1 is 1.12 bits per heavy atom. The predicted molar refractivity (Wildman–Crippen MR) is 99.2 cm³/mol. The van der Waals surface area contributed by atoms with Crippen molar-refractivity contribution in [3.8, 4) is 0 Å². The number of hydrogen-bond donors (Lipinski definition) is 2. The van der Waals surface area contributed by atoms with Crippen LogP contribution in [-0.4, -0.2) is 16.4 Å². The first kappa shape index (κ1) is 16.5. The highest BCUT2D eigenvalue weighted by molar-refractivity contribution is 7.22. The van der Waals surface area contributed by atoms with Gasteiger partial charge in [-0.15, -0.1) is 11.3 Å². The van der Waals surface area contributed by atoms with Crippen molar-refractivity contribution in [3.63, 3.8) is 0 Å². The van der Waals surface area contributed by atoms with E-state index >= 15 is 0 Å². The van der Waals surface area contributed by atoms with Crippen LogP contribution in [0.15, 0.2) is 36.4 Å². The molecule has 0 fully saturated rings. The van der Waals surface area contributed by atoms with Gasteiger partial charge in [-0.3, -0.25) is 9.59 Å². The number of anilines is 2. The molecule has 2 aromatic heterocycles. The summed E-state index contributed by atoms with van der Waals surface area (Å²) in [6.45, 7) is 4.12. The Hall–Kier alpha value is -2.31. The molecule has 5 nitrogen and oxygen atoms in total. The Balaban J connectivity index is 1.82. The summed E-state index contributed by atoms with van der Waals surface area (Å²) in [5.41, 5.74) is 2.92. The normalized spacial score (nSPS) is 10.8. The third-order valence-corrected chi connectivity index (χ3v) is 4.77. The van der Waals surface area contributed by atoms with Gasteiger partial charge in [0.25, 0.3) is 5.91 Å². The fourth-order valence-electron chi connectivity index (χ4n) is 2.58. The lowest BCUT2D eigenvalue weighted by Gasteiger charge is -2.09. The van der Waals surface area contributed by atoms with E-state index < -0.39 is 0 Å². The van der Waals surface area contributed by atoms with E-state index in [1.54, 1.807) is 24.3 Å². The lowest BCUT2D eigenvalue weighted by molar-refractivity contribution is -0.114. The van der Waals surface area contributed by atoms with Crippen molar-refractivity contribution < 1.29 is 9.59 Å². The highest BCUT2D eigenvalue weighted by Crippen LogP contribution is 2.32. The lowest BCUT2D eigenvalue weighted by Crippen LogP contribution is -2.16. The molecule has 0 aliphatic carbocycles. The van der Waals surface area contributed by atoms with Gasteiger partial charge in [-0.2, -0.15) is 0 Å². The number of thiophene rings is 1. The molecule has 3 aromatic rings. The second-order valence-electron chi connectivity index (χ2n) is 5.29. The highest BCUT2D eigenvalue weighted by Gasteiger charge is 2.17. The molecule has 0 saturated carbocycles. The molecule has 2 amide bonds. The molecule has 7 heteroatoms. The maximum Gasteiger partial charge on any atom is 0.272 e. The van der Waals surface area contributed by atoms with Crippen LogP contribution in [-0.2, 0) is 11.3 Å². The molecular weight excluding hydrogens is 346 g/mol. The SMILES string of the molecule is CCn1c(C(=O)Nc2ccc(NC(C)=O)cc2)cc2sc(Cl)cc21. The summed E-state index contributed by atoms with van der Waals surface area (Å²) in [5.74, 6) is -0.310. The molecule has 24 heavy (non-hydrogen) atoms. The van der Waals surface area contributed by atoms with Crippen LogP contribution in [0, 0.1) is 0 Å². The Morgan fingerprint density at radius 2 is 1.75 bits per heavy atom. The minimum atomic E-state index is -0.177. The minimum Gasteiger partial charge on any atom is -0.336 e. The zero-order valence-corrected chi connectivity index (χ0v) is 14.8. The van der Waals surface area contributed by atoms with Gasteiger partial charge in [0.15, 0.2) is 0 Å². The van der Waals surface area contributed by atoms with Gasteiger partial charge in [-0.05, 0) is 43.3 Å². The zero-order valence-electron chi connectivity index (χ0n) is 13.2. The van der Waals surface area contributed by atoms with Crippen LogP contribution < -0.4 is 10.6 Å². The molecule has 2 N–H and O–H groups in total. The molecule has 0 spiro atoms.